The monoisotopic (exact) mass is 520 g/mol. The van der Waals surface area contributed by atoms with Crippen LogP contribution in [-0.2, 0) is 26.2 Å². The second-order valence-electron chi connectivity index (χ2n) is 12.9. The third-order valence-electron chi connectivity index (χ3n) is 7.65. The minimum atomic E-state index is -0.706. The summed E-state index contributed by atoms with van der Waals surface area (Å²) in [7, 11) is 2.13. The fraction of sp³-hybridized carbons (Fsp3) is 0.724. The SMILES string of the molecule is CN(Cc1cccc(Cl)c1C1(C(=O)OC(C)(C)C)CCCC1)C1(C)CCN(C(=O)OC(C)(C)C)CC1. The number of piperidine rings is 1. The first kappa shape index (κ1) is 28.8. The molecule has 1 aromatic carbocycles. The standard InChI is InChI=1S/C29H45ClN2O4/c1-26(2,3)35-24(33)29(14-9-10-15-29)23-21(12-11-13-22(23)30)20-31(8)28(7)16-18-32(19-17-28)25(34)36-27(4,5)6/h11-13H,9-10,14-20H2,1-8H3. The summed E-state index contributed by atoms with van der Waals surface area (Å²) in [6.45, 7) is 15.7. The summed E-state index contributed by atoms with van der Waals surface area (Å²) >= 11 is 6.84. The number of nitrogens with zero attached hydrogens (tertiary/aromatic N) is 2. The topological polar surface area (TPSA) is 59.1 Å². The second-order valence-corrected chi connectivity index (χ2v) is 13.3. The van der Waals surface area contributed by atoms with Crippen LogP contribution >= 0.6 is 11.6 Å². The largest absolute Gasteiger partial charge is 0.459 e. The minimum Gasteiger partial charge on any atom is -0.459 e. The minimum absolute atomic E-state index is 0.0904. The van der Waals surface area contributed by atoms with Gasteiger partial charge in [0.05, 0.1) is 5.41 Å². The lowest BCUT2D eigenvalue weighted by atomic mass is 9.76. The molecule has 1 saturated carbocycles. The third-order valence-corrected chi connectivity index (χ3v) is 7.96. The molecule has 0 unspecified atom stereocenters. The Balaban J connectivity index is 1.81. The lowest BCUT2D eigenvalue weighted by Gasteiger charge is -2.45. The molecule has 0 N–H and O–H groups in total. The quantitative estimate of drug-likeness (QED) is 0.403. The van der Waals surface area contributed by atoms with Gasteiger partial charge in [0.25, 0.3) is 0 Å². The molecule has 1 aliphatic heterocycles. The Morgan fingerprint density at radius 1 is 0.972 bits per heavy atom. The number of ether oxygens (including phenoxy) is 2. The maximum absolute atomic E-state index is 13.6. The highest BCUT2D eigenvalue weighted by Gasteiger charge is 2.48. The van der Waals surface area contributed by atoms with Crippen molar-refractivity contribution in [3.05, 3.63) is 34.3 Å². The Kier molecular flexibility index (Phi) is 8.41. The highest BCUT2D eigenvalue weighted by atomic mass is 35.5. The van der Waals surface area contributed by atoms with Crippen LogP contribution < -0.4 is 0 Å². The van der Waals surface area contributed by atoms with E-state index in [1.165, 1.54) is 0 Å². The molecule has 202 valence electrons. The zero-order chi connectivity index (χ0) is 26.9. The fourth-order valence-electron chi connectivity index (χ4n) is 5.47. The molecular weight excluding hydrogens is 476 g/mol. The number of esters is 1. The number of carbonyl (C=O) groups is 2. The molecule has 1 amide bonds. The smallest absolute Gasteiger partial charge is 0.410 e. The Labute approximate surface area is 222 Å². The molecular formula is C29H45ClN2O4. The molecule has 0 spiro atoms. The van der Waals surface area contributed by atoms with Crippen LogP contribution in [-0.4, -0.2) is 58.7 Å². The average molecular weight is 521 g/mol. The van der Waals surface area contributed by atoms with E-state index in [0.29, 0.717) is 24.7 Å². The van der Waals surface area contributed by atoms with E-state index in [-0.39, 0.29) is 17.6 Å². The normalized spacial score (nSPS) is 19.9. The van der Waals surface area contributed by atoms with Crippen molar-refractivity contribution in [2.24, 2.45) is 0 Å². The van der Waals surface area contributed by atoms with Gasteiger partial charge in [0.1, 0.15) is 11.2 Å². The van der Waals surface area contributed by atoms with Gasteiger partial charge in [0.2, 0.25) is 0 Å². The Morgan fingerprint density at radius 3 is 2.06 bits per heavy atom. The van der Waals surface area contributed by atoms with Crippen molar-refractivity contribution in [1.29, 1.82) is 0 Å². The highest BCUT2D eigenvalue weighted by Crippen LogP contribution is 2.47. The number of rotatable bonds is 5. The van der Waals surface area contributed by atoms with E-state index >= 15 is 0 Å². The van der Waals surface area contributed by atoms with Crippen molar-refractivity contribution in [1.82, 2.24) is 9.80 Å². The van der Waals surface area contributed by atoms with Gasteiger partial charge in [-0.25, -0.2) is 4.79 Å². The van der Waals surface area contributed by atoms with Gasteiger partial charge in [-0.15, -0.1) is 0 Å². The number of hydrogen-bond donors (Lipinski definition) is 0. The van der Waals surface area contributed by atoms with Crippen molar-refractivity contribution in [3.63, 3.8) is 0 Å². The summed E-state index contributed by atoms with van der Waals surface area (Å²) in [6, 6.07) is 5.97. The molecule has 0 aromatic heterocycles. The van der Waals surface area contributed by atoms with Gasteiger partial charge >= 0.3 is 12.1 Å². The molecule has 1 aliphatic carbocycles. The lowest BCUT2D eigenvalue weighted by Crippen LogP contribution is -2.53. The molecule has 1 heterocycles. The van der Waals surface area contributed by atoms with Gasteiger partial charge in [0, 0.05) is 30.2 Å². The summed E-state index contributed by atoms with van der Waals surface area (Å²) in [4.78, 5) is 30.3. The Hall–Kier alpha value is -1.79. The van der Waals surface area contributed by atoms with Crippen LogP contribution in [0.15, 0.2) is 18.2 Å². The van der Waals surface area contributed by atoms with Gasteiger partial charge in [0.15, 0.2) is 0 Å². The third kappa shape index (κ3) is 6.55. The first-order valence-electron chi connectivity index (χ1n) is 13.3. The van der Waals surface area contributed by atoms with Crippen molar-refractivity contribution in [3.8, 4) is 0 Å². The van der Waals surface area contributed by atoms with Gasteiger partial charge in [-0.1, -0.05) is 36.6 Å². The molecule has 2 fully saturated rings. The summed E-state index contributed by atoms with van der Waals surface area (Å²) in [5.41, 5.74) is 0.159. The summed E-state index contributed by atoms with van der Waals surface area (Å²) in [5.74, 6) is -0.165. The van der Waals surface area contributed by atoms with Crippen molar-refractivity contribution >= 4 is 23.7 Å². The number of benzene rings is 1. The number of carbonyl (C=O) groups excluding carboxylic acids is 2. The molecule has 36 heavy (non-hydrogen) atoms. The summed E-state index contributed by atoms with van der Waals surface area (Å²) in [5, 5.41) is 0.638. The van der Waals surface area contributed by atoms with Gasteiger partial charge < -0.3 is 14.4 Å². The first-order valence-corrected chi connectivity index (χ1v) is 13.6. The van der Waals surface area contributed by atoms with Crippen molar-refractivity contribution < 1.29 is 19.1 Å². The molecule has 7 heteroatoms. The average Bonchev–Trinajstić information content (AvgIpc) is 3.22. The zero-order valence-corrected chi connectivity index (χ0v) is 24.3. The van der Waals surface area contributed by atoms with Crippen LogP contribution in [0.25, 0.3) is 0 Å². The molecule has 1 aromatic rings. The molecule has 0 radical (unpaired) electrons. The number of likely N-dealkylation sites (tertiary alicyclic amines) is 1. The number of amides is 1. The van der Waals surface area contributed by atoms with E-state index in [2.05, 4.69) is 24.9 Å². The van der Waals surface area contributed by atoms with Gasteiger partial charge in [-0.3, -0.25) is 9.69 Å². The van der Waals surface area contributed by atoms with Gasteiger partial charge in [-0.2, -0.15) is 0 Å². The van der Waals surface area contributed by atoms with Crippen LogP contribution in [0.5, 0.6) is 0 Å². The number of halogens is 1. The van der Waals surface area contributed by atoms with Crippen LogP contribution in [0.1, 0.15) is 98.1 Å². The Morgan fingerprint density at radius 2 is 1.53 bits per heavy atom. The predicted octanol–water partition coefficient (Wildman–Crippen LogP) is 6.71. The van der Waals surface area contributed by atoms with Crippen LogP contribution in [0.4, 0.5) is 4.79 Å². The Bertz CT molecular complexity index is 949. The maximum Gasteiger partial charge on any atom is 0.410 e. The summed E-state index contributed by atoms with van der Waals surface area (Å²) < 4.78 is 11.5. The molecule has 6 nitrogen and oxygen atoms in total. The van der Waals surface area contributed by atoms with Gasteiger partial charge in [-0.05, 0) is 98.4 Å². The molecule has 3 rings (SSSR count). The highest BCUT2D eigenvalue weighted by molar-refractivity contribution is 6.32. The molecule has 1 saturated heterocycles. The first-order chi connectivity index (χ1) is 16.6. The number of hydrogen-bond acceptors (Lipinski definition) is 5. The van der Waals surface area contributed by atoms with Crippen LogP contribution in [0, 0.1) is 0 Å². The van der Waals surface area contributed by atoms with Crippen LogP contribution in [0.3, 0.4) is 0 Å². The zero-order valence-electron chi connectivity index (χ0n) is 23.5. The van der Waals surface area contributed by atoms with E-state index in [0.717, 1.165) is 49.7 Å². The van der Waals surface area contributed by atoms with E-state index < -0.39 is 16.6 Å². The lowest BCUT2D eigenvalue weighted by molar-refractivity contribution is -0.162. The van der Waals surface area contributed by atoms with E-state index in [1.54, 1.807) is 0 Å². The van der Waals surface area contributed by atoms with E-state index in [4.69, 9.17) is 21.1 Å². The molecule has 0 atom stereocenters. The van der Waals surface area contributed by atoms with E-state index in [9.17, 15) is 9.59 Å². The van der Waals surface area contributed by atoms with Crippen LogP contribution in [0.2, 0.25) is 5.02 Å². The maximum atomic E-state index is 13.6. The predicted molar refractivity (Wildman–Crippen MR) is 144 cm³/mol. The fourth-order valence-corrected chi connectivity index (χ4v) is 5.85. The molecule has 2 aliphatic rings. The van der Waals surface area contributed by atoms with E-state index in [1.807, 2.05) is 58.6 Å². The van der Waals surface area contributed by atoms with Crippen molar-refractivity contribution in [2.45, 2.75) is 116 Å². The van der Waals surface area contributed by atoms with Crippen molar-refractivity contribution in [2.75, 3.05) is 20.1 Å². The second kappa shape index (κ2) is 10.5. The summed E-state index contributed by atoms with van der Waals surface area (Å²) in [6.07, 6.45) is 4.92. The molecule has 0 bridgehead atoms.